The Bertz CT molecular complexity index is 196. The highest BCUT2D eigenvalue weighted by Gasteiger charge is 2.40. The van der Waals surface area contributed by atoms with Crippen molar-refractivity contribution >= 4 is 5.78 Å². The van der Waals surface area contributed by atoms with Gasteiger partial charge in [-0.25, -0.2) is 0 Å². The zero-order valence-corrected chi connectivity index (χ0v) is 5.48. The van der Waals surface area contributed by atoms with Crippen molar-refractivity contribution in [3.05, 3.63) is 12.3 Å². The number of nitrogens with one attached hydrogen (secondary N) is 1. The number of carbonyl (C=O) groups excluding carboxylic acids is 1. The van der Waals surface area contributed by atoms with Crippen molar-refractivity contribution in [2.45, 2.75) is 18.6 Å². The van der Waals surface area contributed by atoms with Gasteiger partial charge in [0, 0.05) is 12.6 Å². The maximum absolute atomic E-state index is 11.9. The van der Waals surface area contributed by atoms with Crippen LogP contribution in [0.25, 0.3) is 0 Å². The van der Waals surface area contributed by atoms with Crippen LogP contribution in [0.1, 0.15) is 6.42 Å². The highest BCUT2D eigenvalue weighted by molar-refractivity contribution is 5.90. The Labute approximate surface area is 61.1 Å². The third-order valence-corrected chi connectivity index (χ3v) is 1.37. The van der Waals surface area contributed by atoms with Gasteiger partial charge >= 0.3 is 6.18 Å². The van der Waals surface area contributed by atoms with Crippen molar-refractivity contribution < 1.29 is 18.0 Å². The molecule has 0 aromatic carbocycles. The average Bonchev–Trinajstić information content (AvgIpc) is 1.86. The van der Waals surface area contributed by atoms with E-state index < -0.39 is 24.4 Å². The molecule has 0 radical (unpaired) electrons. The molecular formula is C6H6F3NO. The molecule has 1 heterocycles. The molecule has 0 aromatic rings. The first-order valence-electron chi connectivity index (χ1n) is 3.02. The number of halogens is 3. The zero-order valence-electron chi connectivity index (χ0n) is 5.48. The molecule has 1 N–H and O–H groups in total. The summed E-state index contributed by atoms with van der Waals surface area (Å²) in [4.78, 5) is 10.5. The maximum atomic E-state index is 11.9. The van der Waals surface area contributed by atoms with Crippen LogP contribution in [0.2, 0.25) is 0 Å². The lowest BCUT2D eigenvalue weighted by molar-refractivity contribution is -0.159. The topological polar surface area (TPSA) is 29.1 Å². The minimum Gasteiger partial charge on any atom is -0.379 e. The molecule has 1 unspecified atom stereocenters. The molecule has 0 spiro atoms. The molecule has 2 nitrogen and oxygen atoms in total. The molecule has 0 aliphatic carbocycles. The van der Waals surface area contributed by atoms with E-state index in [4.69, 9.17) is 0 Å². The summed E-state index contributed by atoms with van der Waals surface area (Å²) in [6.45, 7) is 0. The van der Waals surface area contributed by atoms with Gasteiger partial charge in [0.2, 0.25) is 0 Å². The zero-order chi connectivity index (χ0) is 8.48. The summed E-state index contributed by atoms with van der Waals surface area (Å²) in [5, 5.41) is 2.06. The number of allylic oxidation sites excluding steroid dienone is 1. The lowest BCUT2D eigenvalue weighted by Gasteiger charge is -2.21. The first-order valence-corrected chi connectivity index (χ1v) is 3.02. The summed E-state index contributed by atoms with van der Waals surface area (Å²) in [7, 11) is 0. The number of ketones is 1. The SMILES string of the molecule is O=C1C=CNC(C(F)(F)F)C1. The summed E-state index contributed by atoms with van der Waals surface area (Å²) >= 11 is 0. The van der Waals surface area contributed by atoms with Gasteiger partial charge in [0.1, 0.15) is 6.04 Å². The number of carbonyl (C=O) groups is 1. The van der Waals surface area contributed by atoms with E-state index in [1.807, 2.05) is 0 Å². The summed E-state index contributed by atoms with van der Waals surface area (Å²) in [5.41, 5.74) is 0. The molecule has 0 saturated heterocycles. The van der Waals surface area contributed by atoms with Crippen molar-refractivity contribution in [3.63, 3.8) is 0 Å². The largest absolute Gasteiger partial charge is 0.408 e. The third kappa shape index (κ3) is 1.96. The van der Waals surface area contributed by atoms with Gasteiger partial charge in [-0.1, -0.05) is 0 Å². The van der Waals surface area contributed by atoms with Crippen molar-refractivity contribution in [2.75, 3.05) is 0 Å². The molecule has 5 heteroatoms. The fourth-order valence-corrected chi connectivity index (χ4v) is 0.796. The van der Waals surface area contributed by atoms with Crippen LogP contribution in [-0.4, -0.2) is 18.0 Å². The van der Waals surface area contributed by atoms with Crippen LogP contribution in [0.3, 0.4) is 0 Å². The first-order chi connectivity index (χ1) is 5.00. The second-order valence-corrected chi connectivity index (χ2v) is 2.26. The lowest BCUT2D eigenvalue weighted by Crippen LogP contribution is -2.43. The predicted molar refractivity (Wildman–Crippen MR) is 31.7 cm³/mol. The molecule has 0 bridgehead atoms. The second-order valence-electron chi connectivity index (χ2n) is 2.26. The van der Waals surface area contributed by atoms with Crippen LogP contribution < -0.4 is 5.32 Å². The molecule has 1 rings (SSSR count). The van der Waals surface area contributed by atoms with Crippen LogP contribution in [0.15, 0.2) is 12.3 Å². The van der Waals surface area contributed by atoms with E-state index >= 15 is 0 Å². The van der Waals surface area contributed by atoms with Crippen molar-refractivity contribution in [1.29, 1.82) is 0 Å². The number of alkyl halides is 3. The quantitative estimate of drug-likeness (QED) is 0.580. The Morgan fingerprint density at radius 2 is 2.18 bits per heavy atom. The maximum Gasteiger partial charge on any atom is 0.408 e. The highest BCUT2D eigenvalue weighted by Crippen LogP contribution is 2.23. The molecule has 0 fully saturated rings. The van der Waals surface area contributed by atoms with Crippen molar-refractivity contribution in [3.8, 4) is 0 Å². The Hall–Kier alpha value is -1.00. The van der Waals surface area contributed by atoms with Gasteiger partial charge in [0.05, 0.1) is 0 Å². The molecule has 11 heavy (non-hydrogen) atoms. The van der Waals surface area contributed by atoms with Gasteiger partial charge in [-0.2, -0.15) is 13.2 Å². The highest BCUT2D eigenvalue weighted by atomic mass is 19.4. The monoisotopic (exact) mass is 165 g/mol. The fourth-order valence-electron chi connectivity index (χ4n) is 0.796. The van der Waals surface area contributed by atoms with Crippen LogP contribution in [0.5, 0.6) is 0 Å². The normalized spacial score (nSPS) is 25.0. The van der Waals surface area contributed by atoms with E-state index in [-0.39, 0.29) is 0 Å². The van der Waals surface area contributed by atoms with E-state index in [0.717, 1.165) is 12.3 Å². The van der Waals surface area contributed by atoms with E-state index in [1.165, 1.54) is 0 Å². The Balaban J connectivity index is 2.64. The van der Waals surface area contributed by atoms with Crippen LogP contribution in [0.4, 0.5) is 13.2 Å². The Morgan fingerprint density at radius 1 is 1.55 bits per heavy atom. The van der Waals surface area contributed by atoms with Gasteiger partial charge in [0.25, 0.3) is 0 Å². The molecule has 0 aromatic heterocycles. The second kappa shape index (κ2) is 2.56. The van der Waals surface area contributed by atoms with E-state index in [1.54, 1.807) is 0 Å². The summed E-state index contributed by atoms with van der Waals surface area (Å²) < 4.78 is 35.6. The molecule has 0 amide bonds. The van der Waals surface area contributed by atoms with Crippen LogP contribution in [-0.2, 0) is 4.79 Å². The van der Waals surface area contributed by atoms with Crippen LogP contribution >= 0.6 is 0 Å². The van der Waals surface area contributed by atoms with Crippen LogP contribution in [0, 0.1) is 0 Å². The van der Waals surface area contributed by atoms with E-state index in [9.17, 15) is 18.0 Å². The summed E-state index contributed by atoms with van der Waals surface area (Å²) in [6.07, 6.45) is -2.70. The lowest BCUT2D eigenvalue weighted by atomic mass is 10.1. The molecular weight excluding hydrogens is 159 g/mol. The Morgan fingerprint density at radius 3 is 2.55 bits per heavy atom. The Kier molecular flexibility index (Phi) is 1.89. The standard InChI is InChI=1S/C6H6F3NO/c7-6(8,9)5-3-4(11)1-2-10-5/h1-2,5,10H,3H2. The number of rotatable bonds is 0. The number of hydrogen-bond acceptors (Lipinski definition) is 2. The number of hydrogen-bond donors (Lipinski definition) is 1. The molecule has 1 aliphatic rings. The van der Waals surface area contributed by atoms with Crippen molar-refractivity contribution in [2.24, 2.45) is 0 Å². The van der Waals surface area contributed by atoms with Crippen molar-refractivity contribution in [1.82, 2.24) is 5.32 Å². The van der Waals surface area contributed by atoms with E-state index in [0.29, 0.717) is 0 Å². The van der Waals surface area contributed by atoms with E-state index in [2.05, 4.69) is 5.32 Å². The van der Waals surface area contributed by atoms with Gasteiger partial charge in [-0.3, -0.25) is 4.79 Å². The predicted octanol–water partition coefficient (Wildman–Crippen LogP) is 0.993. The third-order valence-electron chi connectivity index (χ3n) is 1.37. The molecule has 62 valence electrons. The molecule has 1 atom stereocenters. The van der Waals surface area contributed by atoms with Gasteiger partial charge in [-0.05, 0) is 6.08 Å². The summed E-state index contributed by atoms with van der Waals surface area (Å²) in [5.74, 6) is -0.494. The van der Waals surface area contributed by atoms with Gasteiger partial charge in [-0.15, -0.1) is 0 Å². The smallest absolute Gasteiger partial charge is 0.379 e. The molecule has 1 aliphatic heterocycles. The molecule has 0 saturated carbocycles. The average molecular weight is 165 g/mol. The minimum absolute atomic E-state index is 0.494. The first kappa shape index (κ1) is 8.10. The summed E-state index contributed by atoms with van der Waals surface area (Å²) in [6, 6.07) is -1.71. The van der Waals surface area contributed by atoms with Gasteiger partial charge < -0.3 is 5.32 Å². The fraction of sp³-hybridized carbons (Fsp3) is 0.500. The minimum atomic E-state index is -4.33. The van der Waals surface area contributed by atoms with Gasteiger partial charge in [0.15, 0.2) is 5.78 Å².